The Labute approximate surface area is 95.4 Å². The molecule has 4 heteroatoms. The Morgan fingerprint density at radius 2 is 2.44 bits per heavy atom. The van der Waals surface area contributed by atoms with Crippen molar-refractivity contribution < 1.29 is 9.21 Å². The van der Waals surface area contributed by atoms with Crippen molar-refractivity contribution in [2.24, 2.45) is 5.73 Å². The van der Waals surface area contributed by atoms with Crippen molar-refractivity contribution in [3.8, 4) is 0 Å². The van der Waals surface area contributed by atoms with Crippen LogP contribution in [-0.4, -0.2) is 22.9 Å². The maximum Gasteiger partial charge on any atom is 0.240 e. The van der Waals surface area contributed by atoms with E-state index in [1.54, 1.807) is 6.26 Å². The first kappa shape index (κ1) is 11.2. The number of hydrogen-bond donors (Lipinski definition) is 1. The van der Waals surface area contributed by atoms with E-state index in [4.69, 9.17) is 10.2 Å². The molecule has 2 N–H and O–H groups in total. The summed E-state index contributed by atoms with van der Waals surface area (Å²) in [7, 11) is 0. The first-order chi connectivity index (χ1) is 7.72. The van der Waals surface area contributed by atoms with Gasteiger partial charge in [-0.1, -0.05) is 6.92 Å². The molecule has 1 heterocycles. The van der Waals surface area contributed by atoms with Crippen LogP contribution in [0.2, 0.25) is 0 Å². The highest BCUT2D eigenvalue weighted by Gasteiger charge is 2.34. The number of carbonyl (C=O) groups is 1. The predicted molar refractivity (Wildman–Crippen MR) is 60.5 cm³/mol. The molecule has 1 aromatic heterocycles. The van der Waals surface area contributed by atoms with Crippen molar-refractivity contribution >= 4 is 5.91 Å². The number of hydrogen-bond acceptors (Lipinski definition) is 3. The van der Waals surface area contributed by atoms with E-state index in [0.29, 0.717) is 19.0 Å². The second kappa shape index (κ2) is 4.70. The Morgan fingerprint density at radius 1 is 1.69 bits per heavy atom. The second-order valence-electron chi connectivity index (χ2n) is 4.29. The molecule has 1 aliphatic carbocycles. The molecule has 1 saturated carbocycles. The standard InChI is InChI=1S/C12H18N2O2/c1-2-11(13)12(15)14(9-5-6-9)8-10-4-3-7-16-10/h3-4,7,9,11H,2,5-6,8,13H2,1H3. The highest BCUT2D eigenvalue weighted by molar-refractivity contribution is 5.82. The number of nitrogens with zero attached hydrogens (tertiary/aromatic N) is 1. The molecular weight excluding hydrogens is 204 g/mol. The van der Waals surface area contributed by atoms with E-state index >= 15 is 0 Å². The first-order valence-corrected chi connectivity index (χ1v) is 5.80. The third kappa shape index (κ3) is 2.44. The number of amides is 1. The second-order valence-corrected chi connectivity index (χ2v) is 4.29. The van der Waals surface area contributed by atoms with Gasteiger partial charge in [-0.15, -0.1) is 0 Å². The summed E-state index contributed by atoms with van der Waals surface area (Å²) >= 11 is 0. The summed E-state index contributed by atoms with van der Waals surface area (Å²) in [5.41, 5.74) is 5.79. The van der Waals surface area contributed by atoms with Crippen molar-refractivity contribution in [2.45, 2.75) is 44.8 Å². The third-order valence-electron chi connectivity index (χ3n) is 2.93. The third-order valence-corrected chi connectivity index (χ3v) is 2.93. The van der Waals surface area contributed by atoms with Gasteiger partial charge in [0.05, 0.1) is 18.8 Å². The molecule has 0 aliphatic heterocycles. The van der Waals surface area contributed by atoms with Crippen LogP contribution in [0.5, 0.6) is 0 Å². The monoisotopic (exact) mass is 222 g/mol. The lowest BCUT2D eigenvalue weighted by Crippen LogP contribution is -2.44. The largest absolute Gasteiger partial charge is 0.467 e. The Balaban J connectivity index is 2.02. The molecule has 1 amide bonds. The Bertz CT molecular complexity index is 344. The lowest BCUT2D eigenvalue weighted by molar-refractivity contribution is -0.134. The quantitative estimate of drug-likeness (QED) is 0.821. The van der Waals surface area contributed by atoms with Crippen molar-refractivity contribution in [3.63, 3.8) is 0 Å². The molecule has 1 unspecified atom stereocenters. The topological polar surface area (TPSA) is 59.5 Å². The SMILES string of the molecule is CCC(N)C(=O)N(Cc1ccco1)C1CC1. The van der Waals surface area contributed by atoms with Gasteiger partial charge in [-0.3, -0.25) is 4.79 Å². The zero-order chi connectivity index (χ0) is 11.5. The van der Waals surface area contributed by atoms with Crippen LogP contribution in [0.3, 0.4) is 0 Å². The van der Waals surface area contributed by atoms with Crippen molar-refractivity contribution in [3.05, 3.63) is 24.2 Å². The summed E-state index contributed by atoms with van der Waals surface area (Å²) in [6, 6.07) is 3.72. The van der Waals surface area contributed by atoms with Crippen LogP contribution in [0.25, 0.3) is 0 Å². The van der Waals surface area contributed by atoms with Gasteiger partial charge in [-0.05, 0) is 31.4 Å². The maximum atomic E-state index is 12.0. The lowest BCUT2D eigenvalue weighted by Gasteiger charge is -2.24. The summed E-state index contributed by atoms with van der Waals surface area (Å²) in [4.78, 5) is 13.9. The number of furan rings is 1. The van der Waals surface area contributed by atoms with Gasteiger partial charge < -0.3 is 15.1 Å². The summed E-state index contributed by atoms with van der Waals surface area (Å²) in [6.07, 6.45) is 4.48. The fourth-order valence-electron chi connectivity index (χ4n) is 1.73. The molecule has 0 radical (unpaired) electrons. The molecule has 88 valence electrons. The van der Waals surface area contributed by atoms with Gasteiger partial charge >= 0.3 is 0 Å². The van der Waals surface area contributed by atoms with Crippen LogP contribution in [-0.2, 0) is 11.3 Å². The van der Waals surface area contributed by atoms with Crippen molar-refractivity contribution in [2.75, 3.05) is 0 Å². The minimum atomic E-state index is -0.379. The van der Waals surface area contributed by atoms with E-state index in [2.05, 4.69) is 0 Å². The Morgan fingerprint density at radius 3 is 2.94 bits per heavy atom. The summed E-state index contributed by atoms with van der Waals surface area (Å²) in [5.74, 6) is 0.866. The number of nitrogens with two attached hydrogens (primary N) is 1. The molecule has 1 atom stereocenters. The van der Waals surface area contributed by atoms with Crippen LogP contribution in [0, 0.1) is 0 Å². The van der Waals surface area contributed by atoms with E-state index in [-0.39, 0.29) is 11.9 Å². The van der Waals surface area contributed by atoms with Gasteiger partial charge in [-0.2, -0.15) is 0 Å². The van der Waals surface area contributed by atoms with E-state index in [9.17, 15) is 4.79 Å². The smallest absolute Gasteiger partial charge is 0.240 e. The summed E-state index contributed by atoms with van der Waals surface area (Å²) < 4.78 is 5.27. The van der Waals surface area contributed by atoms with Gasteiger partial charge in [0, 0.05) is 6.04 Å². The summed E-state index contributed by atoms with van der Waals surface area (Å²) in [5, 5.41) is 0. The Kier molecular flexibility index (Phi) is 3.29. The molecular formula is C12H18N2O2. The van der Waals surface area contributed by atoms with E-state index in [1.807, 2.05) is 24.0 Å². The van der Waals surface area contributed by atoms with E-state index in [0.717, 1.165) is 18.6 Å². The van der Waals surface area contributed by atoms with Crippen LogP contribution >= 0.6 is 0 Å². The van der Waals surface area contributed by atoms with Gasteiger partial charge in [0.25, 0.3) is 0 Å². The molecule has 1 aliphatic rings. The van der Waals surface area contributed by atoms with Gasteiger partial charge in [0.15, 0.2) is 0 Å². The molecule has 2 rings (SSSR count). The molecule has 1 aromatic rings. The molecule has 0 spiro atoms. The van der Waals surface area contributed by atoms with Crippen molar-refractivity contribution in [1.29, 1.82) is 0 Å². The van der Waals surface area contributed by atoms with Crippen LogP contribution in [0.1, 0.15) is 31.9 Å². The van der Waals surface area contributed by atoms with Crippen LogP contribution in [0.4, 0.5) is 0 Å². The average Bonchev–Trinajstić information content (AvgIpc) is 3.01. The molecule has 16 heavy (non-hydrogen) atoms. The fourth-order valence-corrected chi connectivity index (χ4v) is 1.73. The molecule has 0 saturated heterocycles. The fraction of sp³-hybridized carbons (Fsp3) is 0.583. The highest BCUT2D eigenvalue weighted by atomic mass is 16.3. The predicted octanol–water partition coefficient (Wildman–Crippen LogP) is 1.51. The zero-order valence-electron chi connectivity index (χ0n) is 9.56. The van der Waals surface area contributed by atoms with Crippen LogP contribution in [0.15, 0.2) is 22.8 Å². The highest BCUT2D eigenvalue weighted by Crippen LogP contribution is 2.29. The molecule has 4 nitrogen and oxygen atoms in total. The molecule has 1 fully saturated rings. The summed E-state index contributed by atoms with van der Waals surface area (Å²) in [6.45, 7) is 2.48. The maximum absolute atomic E-state index is 12.0. The van der Waals surface area contributed by atoms with Gasteiger partial charge in [-0.25, -0.2) is 0 Å². The minimum Gasteiger partial charge on any atom is -0.467 e. The lowest BCUT2D eigenvalue weighted by atomic mass is 10.2. The number of carbonyl (C=O) groups excluding carboxylic acids is 1. The van der Waals surface area contributed by atoms with Crippen LogP contribution < -0.4 is 5.73 Å². The van der Waals surface area contributed by atoms with Crippen molar-refractivity contribution in [1.82, 2.24) is 4.90 Å². The Hall–Kier alpha value is -1.29. The zero-order valence-corrected chi connectivity index (χ0v) is 9.56. The molecule has 0 aromatic carbocycles. The minimum absolute atomic E-state index is 0.0430. The first-order valence-electron chi connectivity index (χ1n) is 5.80. The van der Waals surface area contributed by atoms with Gasteiger partial charge in [0.1, 0.15) is 5.76 Å². The van der Waals surface area contributed by atoms with Gasteiger partial charge in [0.2, 0.25) is 5.91 Å². The number of rotatable bonds is 5. The normalized spacial score (nSPS) is 17.1. The molecule has 0 bridgehead atoms. The van der Waals surface area contributed by atoms with E-state index < -0.39 is 0 Å². The average molecular weight is 222 g/mol. The van der Waals surface area contributed by atoms with E-state index in [1.165, 1.54) is 0 Å².